The van der Waals surface area contributed by atoms with Gasteiger partial charge >= 0.3 is 0 Å². The Balaban J connectivity index is 2.33. The first-order chi connectivity index (χ1) is 13.0. The fourth-order valence-electron chi connectivity index (χ4n) is 2.08. The number of carbonyl (C=O) groups is 1. The van der Waals surface area contributed by atoms with Gasteiger partial charge in [-0.15, -0.1) is 0 Å². The number of para-hydroxylation sites is 1. The predicted molar refractivity (Wildman–Crippen MR) is 104 cm³/mol. The number of hydrogen-bond donors (Lipinski definition) is 1. The van der Waals surface area contributed by atoms with E-state index in [4.69, 9.17) is 4.74 Å². The van der Waals surface area contributed by atoms with Gasteiger partial charge in [-0.05, 0) is 32.9 Å². The summed E-state index contributed by atoms with van der Waals surface area (Å²) < 4.78 is 42.3. The molecule has 150 valence electrons. The van der Waals surface area contributed by atoms with Gasteiger partial charge in [0.25, 0.3) is 5.91 Å². The molecule has 1 N–H and O–H groups in total. The minimum atomic E-state index is -3.31. The first-order valence-corrected chi connectivity index (χ1v) is 10.4. The van der Waals surface area contributed by atoms with Crippen LogP contribution in [0.3, 0.4) is 0 Å². The third kappa shape index (κ3) is 6.41. The number of alkyl halides is 1. The lowest BCUT2D eigenvalue weighted by Crippen LogP contribution is -2.32. The maximum atomic E-state index is 14.2. The second-order valence-electron chi connectivity index (χ2n) is 6.72. The SMILES string of the molecule is C[C@@H](/C=C/S(C)(=O)=O)NC(=O)c1cnc(C(C)(C)F)nc1Oc1ccccc1. The second-order valence-corrected chi connectivity index (χ2v) is 8.65. The summed E-state index contributed by atoms with van der Waals surface area (Å²) in [6.45, 7) is 4.20. The van der Waals surface area contributed by atoms with Crippen LogP contribution in [0.4, 0.5) is 4.39 Å². The van der Waals surface area contributed by atoms with Gasteiger partial charge in [-0.2, -0.15) is 4.98 Å². The van der Waals surface area contributed by atoms with Crippen molar-refractivity contribution in [2.45, 2.75) is 32.5 Å². The number of benzene rings is 1. The van der Waals surface area contributed by atoms with E-state index in [9.17, 15) is 17.6 Å². The number of hydrogen-bond acceptors (Lipinski definition) is 6. The molecule has 0 saturated carbocycles. The van der Waals surface area contributed by atoms with Crippen LogP contribution >= 0.6 is 0 Å². The average Bonchev–Trinajstić information content (AvgIpc) is 2.59. The summed E-state index contributed by atoms with van der Waals surface area (Å²) in [7, 11) is -3.31. The molecule has 0 aliphatic carbocycles. The number of amides is 1. The molecule has 0 saturated heterocycles. The van der Waals surface area contributed by atoms with Gasteiger partial charge in [-0.1, -0.05) is 24.3 Å². The van der Waals surface area contributed by atoms with E-state index < -0.39 is 27.5 Å². The molecule has 2 aromatic rings. The fourth-order valence-corrected chi connectivity index (χ4v) is 2.60. The van der Waals surface area contributed by atoms with Crippen molar-refractivity contribution >= 4 is 15.7 Å². The van der Waals surface area contributed by atoms with E-state index in [2.05, 4.69) is 15.3 Å². The van der Waals surface area contributed by atoms with Crippen molar-refractivity contribution < 1.29 is 22.3 Å². The zero-order valence-corrected chi connectivity index (χ0v) is 16.8. The van der Waals surface area contributed by atoms with Gasteiger partial charge in [-0.3, -0.25) is 4.79 Å². The molecule has 2 rings (SSSR count). The van der Waals surface area contributed by atoms with Crippen LogP contribution < -0.4 is 10.1 Å². The summed E-state index contributed by atoms with van der Waals surface area (Å²) in [4.78, 5) is 20.6. The quantitative estimate of drug-likeness (QED) is 0.757. The molecule has 0 aliphatic heterocycles. The van der Waals surface area contributed by atoms with Gasteiger partial charge in [0.05, 0.1) is 0 Å². The first kappa shape index (κ1) is 21.5. The Morgan fingerprint density at radius 1 is 1.29 bits per heavy atom. The number of rotatable bonds is 7. The first-order valence-electron chi connectivity index (χ1n) is 8.44. The minimum Gasteiger partial charge on any atom is -0.438 e. The number of ether oxygens (including phenoxy) is 1. The molecule has 0 radical (unpaired) electrons. The highest BCUT2D eigenvalue weighted by Crippen LogP contribution is 2.27. The van der Waals surface area contributed by atoms with Crippen molar-refractivity contribution in [3.05, 3.63) is 59.4 Å². The molecule has 28 heavy (non-hydrogen) atoms. The second kappa shape index (κ2) is 8.47. The van der Waals surface area contributed by atoms with Gasteiger partial charge in [-0.25, -0.2) is 17.8 Å². The Kier molecular flexibility index (Phi) is 6.50. The lowest BCUT2D eigenvalue weighted by Gasteiger charge is -2.16. The van der Waals surface area contributed by atoms with E-state index in [1.54, 1.807) is 37.3 Å². The highest BCUT2D eigenvalue weighted by Gasteiger charge is 2.26. The summed E-state index contributed by atoms with van der Waals surface area (Å²) in [6, 6.07) is 8.04. The van der Waals surface area contributed by atoms with Crippen LogP contribution in [0, 0.1) is 0 Å². The topological polar surface area (TPSA) is 98.2 Å². The third-order valence-electron chi connectivity index (χ3n) is 3.46. The van der Waals surface area contributed by atoms with E-state index in [1.165, 1.54) is 26.1 Å². The lowest BCUT2D eigenvalue weighted by atomic mass is 10.1. The summed E-state index contributed by atoms with van der Waals surface area (Å²) in [5, 5.41) is 3.61. The maximum absolute atomic E-state index is 14.2. The zero-order valence-electron chi connectivity index (χ0n) is 16.0. The summed E-state index contributed by atoms with van der Waals surface area (Å²) in [6.07, 6.45) is 3.57. The van der Waals surface area contributed by atoms with Crippen molar-refractivity contribution in [2.24, 2.45) is 0 Å². The van der Waals surface area contributed by atoms with E-state index in [0.717, 1.165) is 11.7 Å². The summed E-state index contributed by atoms with van der Waals surface area (Å²) >= 11 is 0. The van der Waals surface area contributed by atoms with Crippen molar-refractivity contribution in [3.8, 4) is 11.6 Å². The molecule has 1 atom stereocenters. The molecular weight excluding hydrogens is 385 g/mol. The molecule has 1 heterocycles. The highest BCUT2D eigenvalue weighted by atomic mass is 32.2. The number of sulfone groups is 1. The van der Waals surface area contributed by atoms with E-state index in [1.807, 2.05) is 0 Å². The maximum Gasteiger partial charge on any atom is 0.258 e. The van der Waals surface area contributed by atoms with Gasteiger partial charge in [0.15, 0.2) is 21.3 Å². The average molecular weight is 407 g/mol. The van der Waals surface area contributed by atoms with Crippen molar-refractivity contribution in [3.63, 3.8) is 0 Å². The standard InChI is InChI=1S/C19H22FN3O4S/c1-13(10-11-28(4,25)26)22-16(24)15-12-21-18(19(2,3)20)23-17(15)27-14-8-6-5-7-9-14/h5-13H,1-4H3,(H,22,24)/b11-10+/t13-/m0/s1. The van der Waals surface area contributed by atoms with Crippen molar-refractivity contribution in [2.75, 3.05) is 6.26 Å². The normalized spacial score (nSPS) is 13.3. The number of halogens is 1. The molecule has 9 heteroatoms. The van der Waals surface area contributed by atoms with E-state index in [-0.39, 0.29) is 17.3 Å². The largest absolute Gasteiger partial charge is 0.438 e. The van der Waals surface area contributed by atoms with Gasteiger partial charge in [0.1, 0.15) is 11.3 Å². The Morgan fingerprint density at radius 2 is 1.93 bits per heavy atom. The highest BCUT2D eigenvalue weighted by molar-refractivity contribution is 7.93. The van der Waals surface area contributed by atoms with E-state index in [0.29, 0.717) is 5.75 Å². The molecule has 0 spiro atoms. The van der Waals surface area contributed by atoms with Crippen LogP contribution in [-0.2, 0) is 15.5 Å². The van der Waals surface area contributed by atoms with Crippen LogP contribution in [-0.4, -0.2) is 36.6 Å². The van der Waals surface area contributed by atoms with Crippen molar-refractivity contribution in [1.82, 2.24) is 15.3 Å². The zero-order chi connectivity index (χ0) is 20.9. The fraction of sp³-hybridized carbons (Fsp3) is 0.316. The van der Waals surface area contributed by atoms with Crippen LogP contribution in [0.2, 0.25) is 0 Å². The molecule has 0 aliphatic rings. The molecule has 1 aromatic heterocycles. The molecule has 1 amide bonds. The molecule has 7 nitrogen and oxygen atoms in total. The third-order valence-corrected chi connectivity index (χ3v) is 4.11. The Labute approximate surface area is 163 Å². The summed E-state index contributed by atoms with van der Waals surface area (Å²) in [5.74, 6) is -0.388. The van der Waals surface area contributed by atoms with Gasteiger partial charge < -0.3 is 10.1 Å². The van der Waals surface area contributed by atoms with Crippen molar-refractivity contribution in [1.29, 1.82) is 0 Å². The number of nitrogens with zero attached hydrogens (tertiary/aromatic N) is 2. The minimum absolute atomic E-state index is 0.00328. The Hall–Kier alpha value is -2.81. The van der Waals surface area contributed by atoms with Crippen LogP contribution in [0.15, 0.2) is 48.0 Å². The number of carbonyl (C=O) groups excluding carboxylic acids is 1. The van der Waals surface area contributed by atoms with Crippen LogP contribution in [0.25, 0.3) is 0 Å². The van der Waals surface area contributed by atoms with Gasteiger partial charge in [0.2, 0.25) is 5.88 Å². The smallest absolute Gasteiger partial charge is 0.258 e. The summed E-state index contributed by atoms with van der Waals surface area (Å²) in [5.41, 5.74) is -1.83. The van der Waals surface area contributed by atoms with Crippen LogP contribution in [0.5, 0.6) is 11.6 Å². The molecule has 0 unspecified atom stereocenters. The lowest BCUT2D eigenvalue weighted by molar-refractivity contribution is 0.0942. The molecule has 0 fully saturated rings. The molecule has 0 bridgehead atoms. The number of nitrogens with one attached hydrogen (secondary N) is 1. The Morgan fingerprint density at radius 3 is 2.50 bits per heavy atom. The number of aromatic nitrogens is 2. The van der Waals surface area contributed by atoms with E-state index >= 15 is 0 Å². The van der Waals surface area contributed by atoms with Gasteiger partial charge in [0, 0.05) is 23.9 Å². The monoisotopic (exact) mass is 407 g/mol. The molecular formula is C19H22FN3O4S. The predicted octanol–water partition coefficient (Wildman–Crippen LogP) is 3.15. The van der Waals surface area contributed by atoms with Crippen LogP contribution in [0.1, 0.15) is 37.0 Å². The molecule has 1 aromatic carbocycles. The Bertz CT molecular complexity index is 970.